The number of hydrogen-bond acceptors (Lipinski definition) is 0. The summed E-state index contributed by atoms with van der Waals surface area (Å²) >= 11 is 0. The summed E-state index contributed by atoms with van der Waals surface area (Å²) < 4.78 is 0. The van der Waals surface area contributed by atoms with Crippen molar-refractivity contribution in [1.82, 2.24) is 0 Å². The average Bonchev–Trinajstić information content (AvgIpc) is 3.51. The molecule has 11 rings (SSSR count). The van der Waals surface area contributed by atoms with Crippen LogP contribution in [0.4, 0.5) is 0 Å². The second-order valence-corrected chi connectivity index (χ2v) is 14.0. The molecule has 51 heavy (non-hydrogen) atoms. The van der Waals surface area contributed by atoms with Gasteiger partial charge in [-0.25, -0.2) is 0 Å². The Morgan fingerprint density at radius 1 is 0.275 bits per heavy atom. The molecular formula is C51H32. The van der Waals surface area contributed by atoms with Gasteiger partial charge in [-0.05, 0) is 117 Å². The van der Waals surface area contributed by atoms with Crippen LogP contribution in [0.15, 0.2) is 194 Å². The summed E-state index contributed by atoms with van der Waals surface area (Å²) in [6, 6.07) is 72.4. The lowest BCUT2D eigenvalue weighted by molar-refractivity contribution is 0.772. The van der Waals surface area contributed by atoms with E-state index in [0.717, 1.165) is 0 Å². The largest absolute Gasteiger partial charge is 0.0714 e. The molecule has 0 spiro atoms. The van der Waals surface area contributed by atoms with Crippen molar-refractivity contribution in [2.75, 3.05) is 0 Å². The molecule has 236 valence electrons. The lowest BCUT2D eigenvalue weighted by Crippen LogP contribution is -2.28. The van der Waals surface area contributed by atoms with Gasteiger partial charge >= 0.3 is 0 Å². The molecule has 0 atom stereocenters. The minimum atomic E-state index is -0.462. The Balaban J connectivity index is 1.28. The van der Waals surface area contributed by atoms with E-state index in [0.29, 0.717) is 0 Å². The molecule has 1 aliphatic carbocycles. The van der Waals surface area contributed by atoms with Crippen molar-refractivity contribution in [2.24, 2.45) is 0 Å². The van der Waals surface area contributed by atoms with E-state index < -0.39 is 5.41 Å². The standard InChI is InChI=1S/C51H32/c1-3-17-39(18-4-1)51(40-19-5-2-6-20-40)45-25-13-16-34-27-29-37-31-38(32-46(51)50(37)49(34)45)48-43-23-11-9-21-41(43)47(42-22-10-12-24-44(42)48)36-28-26-33-14-7-8-15-35(33)30-36/h1-32H. The molecule has 0 unspecified atom stereocenters. The van der Waals surface area contributed by atoms with Crippen molar-refractivity contribution in [3.05, 3.63) is 216 Å². The minimum Gasteiger partial charge on any atom is -0.0622 e. The normalized spacial score (nSPS) is 13.3. The molecule has 0 saturated carbocycles. The number of benzene rings is 10. The Morgan fingerprint density at radius 2 is 0.745 bits per heavy atom. The zero-order chi connectivity index (χ0) is 33.5. The lowest BCUT2D eigenvalue weighted by Gasteiger charge is -2.34. The molecule has 1 aliphatic rings. The van der Waals surface area contributed by atoms with Gasteiger partial charge in [0.25, 0.3) is 0 Å². The van der Waals surface area contributed by atoms with Crippen LogP contribution in [0.1, 0.15) is 22.3 Å². The van der Waals surface area contributed by atoms with Gasteiger partial charge in [-0.3, -0.25) is 0 Å². The van der Waals surface area contributed by atoms with Crippen LogP contribution in [-0.2, 0) is 5.41 Å². The smallest absolute Gasteiger partial charge is 0.0622 e. The quantitative estimate of drug-likeness (QED) is 0.132. The highest BCUT2D eigenvalue weighted by Gasteiger charge is 2.45. The number of hydrogen-bond donors (Lipinski definition) is 0. The van der Waals surface area contributed by atoms with Gasteiger partial charge in [0.1, 0.15) is 0 Å². The van der Waals surface area contributed by atoms with Crippen LogP contribution in [0.25, 0.3) is 76.1 Å². The van der Waals surface area contributed by atoms with Gasteiger partial charge in [0.2, 0.25) is 0 Å². The van der Waals surface area contributed by atoms with Crippen molar-refractivity contribution in [3.8, 4) is 22.3 Å². The molecule has 0 N–H and O–H groups in total. The van der Waals surface area contributed by atoms with E-state index in [-0.39, 0.29) is 0 Å². The Labute approximate surface area is 296 Å². The number of rotatable bonds is 4. The first kappa shape index (κ1) is 28.3. The molecule has 0 fully saturated rings. The maximum absolute atomic E-state index is 2.53. The van der Waals surface area contributed by atoms with Crippen LogP contribution in [0.3, 0.4) is 0 Å². The molecule has 0 aromatic heterocycles. The highest BCUT2D eigenvalue weighted by atomic mass is 14.5. The fourth-order valence-corrected chi connectivity index (χ4v) is 9.40. The van der Waals surface area contributed by atoms with Gasteiger partial charge in [0.15, 0.2) is 0 Å². The summed E-state index contributed by atoms with van der Waals surface area (Å²) in [5.74, 6) is 0. The summed E-state index contributed by atoms with van der Waals surface area (Å²) in [5, 5.41) is 12.9. The van der Waals surface area contributed by atoms with Gasteiger partial charge in [-0.15, -0.1) is 0 Å². The fraction of sp³-hybridized carbons (Fsp3) is 0.0196. The summed E-state index contributed by atoms with van der Waals surface area (Å²) in [7, 11) is 0. The monoisotopic (exact) mass is 644 g/mol. The molecule has 0 amide bonds. The van der Waals surface area contributed by atoms with Gasteiger partial charge in [0.05, 0.1) is 5.41 Å². The summed E-state index contributed by atoms with van der Waals surface area (Å²) in [4.78, 5) is 0. The molecular weight excluding hydrogens is 613 g/mol. The Morgan fingerprint density at radius 3 is 1.39 bits per heavy atom. The Bertz CT molecular complexity index is 2910. The van der Waals surface area contributed by atoms with E-state index >= 15 is 0 Å². The first-order valence-electron chi connectivity index (χ1n) is 17.9. The van der Waals surface area contributed by atoms with E-state index in [9.17, 15) is 0 Å². The second-order valence-electron chi connectivity index (χ2n) is 14.0. The van der Waals surface area contributed by atoms with Crippen molar-refractivity contribution in [2.45, 2.75) is 5.41 Å². The summed E-state index contributed by atoms with van der Waals surface area (Å²) in [6.07, 6.45) is 0. The molecule has 10 aromatic rings. The fourth-order valence-electron chi connectivity index (χ4n) is 9.40. The second kappa shape index (κ2) is 10.7. The first-order chi connectivity index (χ1) is 25.3. The van der Waals surface area contributed by atoms with Crippen molar-refractivity contribution in [3.63, 3.8) is 0 Å². The minimum absolute atomic E-state index is 0.462. The first-order valence-corrected chi connectivity index (χ1v) is 17.9. The maximum atomic E-state index is 2.53. The SMILES string of the molecule is c1ccc(C2(c3ccccc3)c3cccc4ccc5cc(-c6c7ccccc7c(-c7ccc8ccccc8c7)c7ccccc67)cc2c5c34)cc1. The lowest BCUT2D eigenvalue weighted by atomic mass is 9.67. The predicted octanol–water partition coefficient (Wildman–Crippen LogP) is 13.5. The van der Waals surface area contributed by atoms with Crippen LogP contribution in [0, 0.1) is 0 Å². The topological polar surface area (TPSA) is 0 Å². The van der Waals surface area contributed by atoms with E-state index in [1.54, 1.807) is 0 Å². The van der Waals surface area contributed by atoms with Crippen molar-refractivity contribution < 1.29 is 0 Å². The molecule has 0 saturated heterocycles. The highest BCUT2D eigenvalue weighted by Crippen LogP contribution is 2.57. The molecule has 0 nitrogen and oxygen atoms in total. The van der Waals surface area contributed by atoms with Gasteiger partial charge < -0.3 is 0 Å². The molecule has 0 bridgehead atoms. The van der Waals surface area contributed by atoms with Crippen LogP contribution < -0.4 is 0 Å². The Hall–Kier alpha value is -6.50. The molecule has 0 aliphatic heterocycles. The zero-order valence-corrected chi connectivity index (χ0v) is 28.0. The highest BCUT2D eigenvalue weighted by molar-refractivity contribution is 6.23. The summed E-state index contributed by atoms with van der Waals surface area (Å²) in [5.41, 5.74) is 9.90. The number of fused-ring (bicyclic) bond motifs is 3. The van der Waals surface area contributed by atoms with Gasteiger partial charge in [-0.1, -0.05) is 176 Å². The zero-order valence-electron chi connectivity index (χ0n) is 28.0. The maximum Gasteiger partial charge on any atom is 0.0714 e. The third-order valence-electron chi connectivity index (χ3n) is 11.4. The van der Waals surface area contributed by atoms with Crippen LogP contribution in [0.5, 0.6) is 0 Å². The van der Waals surface area contributed by atoms with E-state index in [2.05, 4.69) is 194 Å². The van der Waals surface area contributed by atoms with Crippen molar-refractivity contribution >= 4 is 53.9 Å². The van der Waals surface area contributed by atoms with Crippen molar-refractivity contribution in [1.29, 1.82) is 0 Å². The predicted molar refractivity (Wildman–Crippen MR) is 217 cm³/mol. The molecule has 0 heteroatoms. The summed E-state index contributed by atoms with van der Waals surface area (Å²) in [6.45, 7) is 0. The molecule has 0 heterocycles. The van der Waals surface area contributed by atoms with Crippen LogP contribution in [0.2, 0.25) is 0 Å². The third-order valence-corrected chi connectivity index (χ3v) is 11.4. The van der Waals surface area contributed by atoms with Crippen LogP contribution in [-0.4, -0.2) is 0 Å². The average molecular weight is 645 g/mol. The third kappa shape index (κ3) is 3.91. The molecule has 0 radical (unpaired) electrons. The van der Waals surface area contributed by atoms with Gasteiger partial charge in [-0.2, -0.15) is 0 Å². The van der Waals surface area contributed by atoms with Gasteiger partial charge in [0, 0.05) is 0 Å². The Kier molecular flexibility index (Phi) is 5.97. The van der Waals surface area contributed by atoms with E-state index in [4.69, 9.17) is 0 Å². The van der Waals surface area contributed by atoms with Crippen LogP contribution >= 0.6 is 0 Å². The van der Waals surface area contributed by atoms with E-state index in [1.807, 2.05) is 0 Å². The molecule has 10 aromatic carbocycles. The van der Waals surface area contributed by atoms with E-state index in [1.165, 1.54) is 98.4 Å².